The first-order valence-corrected chi connectivity index (χ1v) is 11.2. The zero-order valence-corrected chi connectivity index (χ0v) is 17.3. The second-order valence-electron chi connectivity index (χ2n) is 7.49. The van der Waals surface area contributed by atoms with Gasteiger partial charge >= 0.3 is 0 Å². The summed E-state index contributed by atoms with van der Waals surface area (Å²) < 4.78 is 13.2. The molecule has 29 heavy (non-hydrogen) atoms. The van der Waals surface area contributed by atoms with Crippen molar-refractivity contribution in [3.63, 3.8) is 0 Å². The molecule has 4 rings (SSSR count). The van der Waals surface area contributed by atoms with E-state index in [1.54, 1.807) is 12.1 Å². The van der Waals surface area contributed by atoms with Gasteiger partial charge in [0.25, 0.3) is 0 Å². The molecule has 0 radical (unpaired) electrons. The van der Waals surface area contributed by atoms with Crippen molar-refractivity contribution < 1.29 is 4.55 Å². The number of hydrogen-bond acceptors (Lipinski definition) is 7. The van der Waals surface area contributed by atoms with Gasteiger partial charge < -0.3 is 20.9 Å². The van der Waals surface area contributed by atoms with Gasteiger partial charge in [0, 0.05) is 29.4 Å². The molecule has 2 heterocycles. The monoisotopic (exact) mass is 413 g/mol. The number of hydrogen-bond donors (Lipinski definition) is 4. The summed E-state index contributed by atoms with van der Waals surface area (Å²) >= 11 is -1.49. The van der Waals surface area contributed by atoms with Crippen LogP contribution in [0.15, 0.2) is 41.4 Å². The van der Waals surface area contributed by atoms with Crippen LogP contribution in [0, 0.1) is 0 Å². The lowest BCUT2D eigenvalue weighted by atomic mass is 9.92. The smallest absolute Gasteiger partial charge is 0.173 e. The fraction of sp³-hybridized carbons (Fsp3) is 0.400. The highest BCUT2D eigenvalue weighted by Gasteiger charge is 2.20. The molecule has 154 valence electrons. The van der Waals surface area contributed by atoms with Crippen molar-refractivity contribution in [2.75, 3.05) is 10.6 Å². The van der Waals surface area contributed by atoms with Crippen molar-refractivity contribution in [2.24, 2.45) is 10.9 Å². The van der Waals surface area contributed by atoms with Gasteiger partial charge in [0.05, 0.1) is 17.6 Å². The van der Waals surface area contributed by atoms with Crippen molar-refractivity contribution in [3.05, 3.63) is 42.1 Å². The van der Waals surface area contributed by atoms with Crippen molar-refractivity contribution in [1.29, 1.82) is 0 Å². The molecule has 6 N–H and O–H groups in total. The molecule has 0 aliphatic heterocycles. The lowest BCUT2D eigenvalue weighted by Gasteiger charge is -2.27. The average molecular weight is 414 g/mol. The summed E-state index contributed by atoms with van der Waals surface area (Å²) in [4.78, 5) is 5.40. The summed E-state index contributed by atoms with van der Waals surface area (Å²) in [5, 5.41) is 16.9. The number of benzene rings is 1. The average Bonchev–Trinajstić information content (AvgIpc) is 3.13. The Bertz CT molecular complexity index is 965. The third kappa shape index (κ3) is 4.48. The van der Waals surface area contributed by atoms with Gasteiger partial charge in [-0.1, -0.05) is 6.92 Å². The fourth-order valence-electron chi connectivity index (χ4n) is 3.71. The maximum atomic E-state index is 11.4. The Labute approximate surface area is 173 Å². The van der Waals surface area contributed by atoms with E-state index in [4.69, 9.17) is 15.9 Å². The molecule has 2 aromatic heterocycles. The number of rotatable bonds is 6. The second-order valence-corrected chi connectivity index (χ2v) is 8.55. The van der Waals surface area contributed by atoms with Crippen molar-refractivity contribution >= 4 is 34.3 Å². The SMILES string of the molecule is CCc1cnn2c(Nc3ccc([S+](N)[O-])cc3)cc(N[C@H]3CC[C@@H](N)CC3)nc12. The van der Waals surface area contributed by atoms with Crippen LogP contribution in [0.2, 0.25) is 0 Å². The van der Waals surface area contributed by atoms with E-state index in [2.05, 4.69) is 22.7 Å². The number of nitrogens with zero attached hydrogens (tertiary/aromatic N) is 3. The third-order valence-corrected chi connectivity index (χ3v) is 6.15. The van der Waals surface area contributed by atoms with Gasteiger partial charge in [-0.15, -0.1) is 5.14 Å². The van der Waals surface area contributed by atoms with E-state index in [1.807, 2.05) is 28.9 Å². The summed E-state index contributed by atoms with van der Waals surface area (Å²) in [6, 6.07) is 9.88. The van der Waals surface area contributed by atoms with Crippen molar-refractivity contribution in [2.45, 2.75) is 56.0 Å². The van der Waals surface area contributed by atoms with E-state index < -0.39 is 11.4 Å². The normalized spacial score (nSPS) is 20.6. The molecule has 0 spiro atoms. The first-order valence-electron chi connectivity index (χ1n) is 9.96. The van der Waals surface area contributed by atoms with Crippen LogP contribution in [0.25, 0.3) is 5.65 Å². The highest BCUT2D eigenvalue weighted by molar-refractivity contribution is 7.89. The number of aromatic nitrogens is 3. The van der Waals surface area contributed by atoms with Gasteiger partial charge in [0.2, 0.25) is 0 Å². The van der Waals surface area contributed by atoms with Crippen LogP contribution in [0.5, 0.6) is 0 Å². The number of fused-ring (bicyclic) bond motifs is 1. The molecule has 8 nitrogen and oxygen atoms in total. The fourth-order valence-corrected chi connectivity index (χ4v) is 4.12. The number of anilines is 3. The van der Waals surface area contributed by atoms with Gasteiger partial charge in [-0.05, 0) is 56.4 Å². The lowest BCUT2D eigenvalue weighted by molar-refractivity contribution is 0.410. The molecule has 1 saturated carbocycles. The Morgan fingerprint density at radius 3 is 2.59 bits per heavy atom. The molecule has 1 aliphatic rings. The third-order valence-electron chi connectivity index (χ3n) is 5.41. The molecule has 1 atom stereocenters. The molecule has 9 heteroatoms. The van der Waals surface area contributed by atoms with Crippen LogP contribution in [0.3, 0.4) is 0 Å². The molecule has 3 aromatic rings. The van der Waals surface area contributed by atoms with Crippen LogP contribution >= 0.6 is 0 Å². The molecule has 0 amide bonds. The predicted octanol–water partition coefficient (Wildman–Crippen LogP) is 2.70. The quantitative estimate of drug-likeness (QED) is 0.457. The number of aryl methyl sites for hydroxylation is 1. The highest BCUT2D eigenvalue weighted by atomic mass is 32.2. The summed E-state index contributed by atoms with van der Waals surface area (Å²) in [7, 11) is 0. The van der Waals surface area contributed by atoms with Gasteiger partial charge in [0.15, 0.2) is 10.5 Å². The van der Waals surface area contributed by atoms with Crippen LogP contribution in [0.4, 0.5) is 17.3 Å². The Balaban J connectivity index is 1.63. The number of nitrogens with two attached hydrogens (primary N) is 2. The minimum atomic E-state index is -1.49. The van der Waals surface area contributed by atoms with E-state index in [1.165, 1.54) is 0 Å². The first kappa shape index (κ1) is 20.0. The van der Waals surface area contributed by atoms with Gasteiger partial charge in [-0.25, -0.2) is 4.98 Å². The number of nitrogens with one attached hydrogen (secondary N) is 2. The lowest BCUT2D eigenvalue weighted by Crippen LogP contribution is -2.33. The van der Waals surface area contributed by atoms with E-state index >= 15 is 0 Å². The van der Waals surface area contributed by atoms with E-state index in [0.717, 1.165) is 60.6 Å². The Morgan fingerprint density at radius 1 is 1.21 bits per heavy atom. The molecule has 1 aromatic carbocycles. The predicted molar refractivity (Wildman–Crippen MR) is 117 cm³/mol. The summed E-state index contributed by atoms with van der Waals surface area (Å²) in [6.45, 7) is 2.10. The molecule has 1 aliphatic carbocycles. The van der Waals surface area contributed by atoms with Gasteiger partial charge in [-0.2, -0.15) is 9.61 Å². The largest absolute Gasteiger partial charge is 0.593 e. The Hall–Kier alpha value is -2.33. The minimum Gasteiger partial charge on any atom is -0.593 e. The highest BCUT2D eigenvalue weighted by Crippen LogP contribution is 2.26. The summed E-state index contributed by atoms with van der Waals surface area (Å²) in [5.74, 6) is 1.64. The molecule has 0 saturated heterocycles. The van der Waals surface area contributed by atoms with E-state index in [-0.39, 0.29) is 0 Å². The maximum Gasteiger partial charge on any atom is 0.173 e. The molecular weight excluding hydrogens is 386 g/mol. The van der Waals surface area contributed by atoms with Crippen molar-refractivity contribution in [3.8, 4) is 0 Å². The molecule has 1 unspecified atom stereocenters. The maximum absolute atomic E-state index is 11.4. The zero-order valence-electron chi connectivity index (χ0n) is 16.5. The van der Waals surface area contributed by atoms with E-state index in [0.29, 0.717) is 17.0 Å². The molecule has 1 fully saturated rings. The molecular formula is C20H27N7OS. The Kier molecular flexibility index (Phi) is 5.91. The van der Waals surface area contributed by atoms with Crippen LogP contribution in [-0.4, -0.2) is 31.2 Å². The topological polar surface area (TPSA) is 129 Å². The molecule has 0 bridgehead atoms. The van der Waals surface area contributed by atoms with Gasteiger partial charge in [-0.3, -0.25) is 0 Å². The Morgan fingerprint density at radius 2 is 1.93 bits per heavy atom. The second kappa shape index (κ2) is 8.58. The minimum absolute atomic E-state index is 0.313. The van der Waals surface area contributed by atoms with E-state index in [9.17, 15) is 4.55 Å². The van der Waals surface area contributed by atoms with Crippen LogP contribution in [-0.2, 0) is 17.8 Å². The van der Waals surface area contributed by atoms with Crippen molar-refractivity contribution in [1.82, 2.24) is 14.6 Å². The summed E-state index contributed by atoms with van der Waals surface area (Å²) in [6.07, 6.45) is 6.88. The van der Waals surface area contributed by atoms with Crippen LogP contribution < -0.4 is 21.5 Å². The standard InChI is InChI=1S/C20H27N7OS/c1-2-13-12-23-27-19(25-16-7-9-17(10-8-16)29(22)28)11-18(26-20(13)27)24-15-5-3-14(21)4-6-15/h7-12,14-15,25H,2-6,21-22H2,1H3,(H,24,26)/t14-,15+,29?. The van der Waals surface area contributed by atoms with Gasteiger partial charge in [0.1, 0.15) is 11.6 Å². The summed E-state index contributed by atoms with van der Waals surface area (Å²) in [5.41, 5.74) is 8.83. The van der Waals surface area contributed by atoms with Crippen LogP contribution in [0.1, 0.15) is 38.2 Å². The first-order chi connectivity index (χ1) is 14.0. The zero-order chi connectivity index (χ0) is 20.4.